The number of pyridine rings is 1. The van der Waals surface area contributed by atoms with E-state index in [1.54, 1.807) is 29.8 Å². The van der Waals surface area contributed by atoms with Crippen molar-refractivity contribution < 1.29 is 4.79 Å². The number of nitrogens with one attached hydrogen (secondary N) is 2. The number of hydrogen-bond donors (Lipinski definition) is 2. The smallest absolute Gasteiger partial charge is 0.253 e. The lowest BCUT2D eigenvalue weighted by Gasteiger charge is -2.14. The molecule has 0 radical (unpaired) electrons. The van der Waals surface area contributed by atoms with Crippen LogP contribution < -0.4 is 10.6 Å². The Balaban J connectivity index is 1.50. The van der Waals surface area contributed by atoms with Gasteiger partial charge in [0.1, 0.15) is 5.82 Å². The Morgan fingerprint density at radius 2 is 1.78 bits per heavy atom. The molecule has 0 spiro atoms. The summed E-state index contributed by atoms with van der Waals surface area (Å²) in [7, 11) is 0. The van der Waals surface area contributed by atoms with E-state index in [0.29, 0.717) is 29.4 Å². The van der Waals surface area contributed by atoms with E-state index in [4.69, 9.17) is 9.97 Å². The van der Waals surface area contributed by atoms with Gasteiger partial charge in [-0.2, -0.15) is 0 Å². The maximum Gasteiger partial charge on any atom is 0.253 e. The number of benzene rings is 2. The van der Waals surface area contributed by atoms with E-state index in [1.807, 2.05) is 72.1 Å². The van der Waals surface area contributed by atoms with E-state index in [9.17, 15) is 4.79 Å². The van der Waals surface area contributed by atoms with Crippen molar-refractivity contribution in [1.29, 1.82) is 0 Å². The summed E-state index contributed by atoms with van der Waals surface area (Å²) in [5.74, 6) is 1.05. The van der Waals surface area contributed by atoms with Crippen LogP contribution in [0.2, 0.25) is 0 Å². The molecule has 5 aromatic rings. The summed E-state index contributed by atoms with van der Waals surface area (Å²) in [5, 5.41) is 9.23. The van der Waals surface area contributed by atoms with E-state index in [2.05, 4.69) is 15.6 Å². The molecule has 5 rings (SSSR count). The zero-order valence-electron chi connectivity index (χ0n) is 17.0. The summed E-state index contributed by atoms with van der Waals surface area (Å²) in [4.78, 5) is 27.7. The molecule has 32 heavy (non-hydrogen) atoms. The molecule has 0 atom stereocenters. The molecule has 0 bridgehead atoms. The lowest BCUT2D eigenvalue weighted by Crippen LogP contribution is -2.23. The number of fused-ring (bicyclic) bond motifs is 1. The third kappa shape index (κ3) is 4.19. The molecule has 3 heterocycles. The first-order chi connectivity index (χ1) is 15.8. The molecule has 0 saturated carbocycles. The first kappa shape index (κ1) is 19.8. The average molecular weight is 438 g/mol. The number of rotatable bonds is 6. The van der Waals surface area contributed by atoms with Gasteiger partial charge in [0, 0.05) is 28.2 Å². The lowest BCUT2D eigenvalue weighted by molar-refractivity contribution is 0.0952. The second-order valence-corrected chi connectivity index (χ2v) is 8.12. The number of hydrogen-bond acceptors (Lipinski definition) is 6. The Hall–Kier alpha value is -4.10. The number of amides is 1. The second kappa shape index (κ2) is 8.95. The fourth-order valence-corrected chi connectivity index (χ4v) is 4.03. The molecule has 156 valence electrons. The molecule has 0 fully saturated rings. The van der Waals surface area contributed by atoms with Gasteiger partial charge < -0.3 is 10.6 Å². The maximum absolute atomic E-state index is 12.9. The van der Waals surface area contributed by atoms with Gasteiger partial charge >= 0.3 is 0 Å². The minimum atomic E-state index is -0.146. The van der Waals surface area contributed by atoms with Crippen molar-refractivity contribution in [2.24, 2.45) is 0 Å². The van der Waals surface area contributed by atoms with Crippen molar-refractivity contribution in [2.75, 3.05) is 5.32 Å². The molecular weight excluding hydrogens is 418 g/mol. The van der Waals surface area contributed by atoms with Crippen molar-refractivity contribution in [3.8, 4) is 11.4 Å². The van der Waals surface area contributed by atoms with Gasteiger partial charge in [-0.1, -0.05) is 30.3 Å². The van der Waals surface area contributed by atoms with E-state index in [0.717, 1.165) is 21.3 Å². The molecular formula is C25H19N5OS. The summed E-state index contributed by atoms with van der Waals surface area (Å²) in [6, 6.07) is 23.0. The number of thiophene rings is 1. The van der Waals surface area contributed by atoms with Gasteiger partial charge in [-0.3, -0.25) is 9.78 Å². The molecule has 0 saturated heterocycles. The van der Waals surface area contributed by atoms with Crippen LogP contribution in [-0.4, -0.2) is 20.9 Å². The van der Waals surface area contributed by atoms with E-state index in [-0.39, 0.29) is 5.91 Å². The van der Waals surface area contributed by atoms with Crippen LogP contribution in [0.15, 0.2) is 90.6 Å². The van der Waals surface area contributed by atoms with Gasteiger partial charge in [0.05, 0.1) is 23.3 Å². The van der Waals surface area contributed by atoms with Crippen LogP contribution >= 0.6 is 11.3 Å². The highest BCUT2D eigenvalue weighted by Gasteiger charge is 2.14. The minimum absolute atomic E-state index is 0.146. The largest absolute Gasteiger partial charge is 0.347 e. The normalized spacial score (nSPS) is 10.8. The third-order valence-corrected chi connectivity index (χ3v) is 5.83. The quantitative estimate of drug-likeness (QED) is 0.370. The summed E-state index contributed by atoms with van der Waals surface area (Å²) < 4.78 is 0. The number of carbonyl (C=O) groups excluding carboxylic acids is 1. The topological polar surface area (TPSA) is 79.8 Å². The Labute approximate surface area is 189 Å². The van der Waals surface area contributed by atoms with Crippen molar-refractivity contribution >= 4 is 39.7 Å². The monoisotopic (exact) mass is 437 g/mol. The van der Waals surface area contributed by atoms with Crippen LogP contribution in [0, 0.1) is 0 Å². The number of anilines is 2. The predicted molar refractivity (Wildman–Crippen MR) is 128 cm³/mol. The van der Waals surface area contributed by atoms with Gasteiger partial charge in [-0.15, -0.1) is 11.3 Å². The standard InChI is InChI=1S/C25H19N5OS/c31-25(27-16-18-8-6-14-32-18)20-10-2-4-12-22(20)29-24-19-9-1-3-11-21(19)28-23(30-24)17-7-5-13-26-15-17/h1-15H,16H2,(H,27,31)(H,28,29,30). The zero-order valence-corrected chi connectivity index (χ0v) is 17.8. The predicted octanol–water partition coefficient (Wildman–Crippen LogP) is 5.43. The van der Waals surface area contributed by atoms with Crippen LogP contribution in [0.4, 0.5) is 11.5 Å². The van der Waals surface area contributed by atoms with E-state index in [1.165, 1.54) is 0 Å². The highest BCUT2D eigenvalue weighted by molar-refractivity contribution is 7.09. The number of aromatic nitrogens is 3. The van der Waals surface area contributed by atoms with Gasteiger partial charge in [-0.05, 0) is 47.8 Å². The molecule has 7 heteroatoms. The van der Waals surface area contributed by atoms with E-state index < -0.39 is 0 Å². The first-order valence-electron chi connectivity index (χ1n) is 10.1. The summed E-state index contributed by atoms with van der Waals surface area (Å²) in [5.41, 5.74) is 2.86. The molecule has 2 aromatic carbocycles. The summed E-state index contributed by atoms with van der Waals surface area (Å²) in [6.45, 7) is 0.492. The van der Waals surface area contributed by atoms with Gasteiger partial charge in [0.2, 0.25) is 0 Å². The Morgan fingerprint density at radius 3 is 2.62 bits per heavy atom. The Morgan fingerprint density at radius 1 is 0.906 bits per heavy atom. The SMILES string of the molecule is O=C(NCc1cccs1)c1ccccc1Nc1nc(-c2cccnc2)nc2ccccc12. The molecule has 0 unspecified atom stereocenters. The molecule has 1 amide bonds. The first-order valence-corrected chi connectivity index (χ1v) is 11.0. The van der Waals surface area contributed by atoms with Crippen LogP contribution in [0.1, 0.15) is 15.2 Å². The highest BCUT2D eigenvalue weighted by Crippen LogP contribution is 2.28. The average Bonchev–Trinajstić information content (AvgIpc) is 3.37. The van der Waals surface area contributed by atoms with Crippen LogP contribution in [0.3, 0.4) is 0 Å². The molecule has 3 aromatic heterocycles. The van der Waals surface area contributed by atoms with Crippen molar-refractivity contribution in [1.82, 2.24) is 20.3 Å². The van der Waals surface area contributed by atoms with E-state index >= 15 is 0 Å². The molecule has 0 aliphatic heterocycles. The van der Waals surface area contributed by atoms with Crippen molar-refractivity contribution in [2.45, 2.75) is 6.54 Å². The number of nitrogens with zero attached hydrogens (tertiary/aromatic N) is 3. The maximum atomic E-state index is 12.9. The summed E-state index contributed by atoms with van der Waals surface area (Å²) >= 11 is 1.62. The molecule has 0 aliphatic rings. The van der Waals surface area contributed by atoms with Crippen LogP contribution in [-0.2, 0) is 6.54 Å². The Kier molecular flexibility index (Phi) is 5.55. The van der Waals surface area contributed by atoms with Crippen molar-refractivity contribution in [3.63, 3.8) is 0 Å². The van der Waals surface area contributed by atoms with Crippen LogP contribution in [0.5, 0.6) is 0 Å². The van der Waals surface area contributed by atoms with Gasteiger partial charge in [-0.25, -0.2) is 9.97 Å². The number of carbonyl (C=O) groups is 1. The van der Waals surface area contributed by atoms with Gasteiger partial charge in [0.15, 0.2) is 5.82 Å². The zero-order chi connectivity index (χ0) is 21.8. The highest BCUT2D eigenvalue weighted by atomic mass is 32.1. The van der Waals surface area contributed by atoms with Crippen LogP contribution in [0.25, 0.3) is 22.3 Å². The van der Waals surface area contributed by atoms with Gasteiger partial charge in [0.25, 0.3) is 5.91 Å². The minimum Gasteiger partial charge on any atom is -0.347 e. The fourth-order valence-electron chi connectivity index (χ4n) is 3.39. The fraction of sp³-hybridized carbons (Fsp3) is 0.0400. The lowest BCUT2D eigenvalue weighted by atomic mass is 10.1. The van der Waals surface area contributed by atoms with Crippen molar-refractivity contribution in [3.05, 3.63) is 101 Å². The molecule has 0 aliphatic carbocycles. The second-order valence-electron chi connectivity index (χ2n) is 7.09. The third-order valence-electron chi connectivity index (χ3n) is 4.95. The Bertz CT molecular complexity index is 1370. The number of para-hydroxylation sites is 2. The molecule has 6 nitrogen and oxygen atoms in total. The summed E-state index contributed by atoms with van der Waals surface area (Å²) in [6.07, 6.45) is 3.45. The molecule has 2 N–H and O–H groups in total.